The third-order valence-electron chi connectivity index (χ3n) is 8.46. The zero-order chi connectivity index (χ0) is 23.7. The van der Waals surface area contributed by atoms with Gasteiger partial charge in [0.15, 0.2) is 0 Å². The Bertz CT molecular complexity index is 1060. The molecule has 0 amide bonds. The summed E-state index contributed by atoms with van der Waals surface area (Å²) in [6.45, 7) is 7.08. The summed E-state index contributed by atoms with van der Waals surface area (Å²) in [7, 11) is 0. The van der Waals surface area contributed by atoms with Gasteiger partial charge in [-0.2, -0.15) is 0 Å². The molecule has 2 saturated carbocycles. The van der Waals surface area contributed by atoms with Crippen LogP contribution in [0, 0.1) is 17.3 Å². The summed E-state index contributed by atoms with van der Waals surface area (Å²) in [6.07, 6.45) is 7.12. The van der Waals surface area contributed by atoms with Crippen molar-refractivity contribution in [2.45, 2.75) is 71.5 Å². The third kappa shape index (κ3) is 4.23. The molecule has 0 aromatic heterocycles. The van der Waals surface area contributed by atoms with Gasteiger partial charge in [-0.1, -0.05) is 43.3 Å². The lowest BCUT2D eigenvalue weighted by molar-refractivity contribution is -0.152. The molecule has 3 aliphatic rings. The molecule has 0 spiro atoms. The van der Waals surface area contributed by atoms with E-state index >= 15 is 0 Å². The van der Waals surface area contributed by atoms with Crippen LogP contribution in [-0.2, 0) is 27.3 Å². The van der Waals surface area contributed by atoms with E-state index in [-0.39, 0.29) is 17.5 Å². The SMILES string of the molecule is CCO/C=C1/C[C@H]2[C@@H]3CCc4cc(OCc5ccccc5)ccc4[C@H]3CC[C@]2(C)[C@H]1OC(C)=O. The highest BCUT2D eigenvalue weighted by atomic mass is 16.5. The van der Waals surface area contributed by atoms with Crippen molar-refractivity contribution in [2.75, 3.05) is 6.61 Å². The molecule has 0 bridgehead atoms. The summed E-state index contributed by atoms with van der Waals surface area (Å²) in [5.41, 5.74) is 5.25. The average molecular weight is 461 g/mol. The van der Waals surface area contributed by atoms with Crippen molar-refractivity contribution in [3.63, 3.8) is 0 Å². The van der Waals surface area contributed by atoms with E-state index in [0.717, 1.165) is 37.0 Å². The number of fused-ring (bicyclic) bond motifs is 5. The standard InChI is InChI=1S/C30H36O4/c1-4-32-19-23-17-28-27-12-10-22-16-24(33-18-21-8-6-5-7-9-21)11-13-25(22)26(27)14-15-30(28,3)29(23)34-20(2)31/h5-9,11,13,16,19,26-29H,4,10,12,14-15,17-18H2,1-3H3/b23-19-/t26-,27-,28+,29+,30+/m1/s1. The minimum absolute atomic E-state index is 0.0218. The fourth-order valence-corrected chi connectivity index (χ4v) is 6.91. The van der Waals surface area contributed by atoms with Crippen LogP contribution in [0.3, 0.4) is 0 Å². The lowest BCUT2D eigenvalue weighted by Gasteiger charge is -2.50. The first-order valence-corrected chi connectivity index (χ1v) is 12.8. The summed E-state index contributed by atoms with van der Waals surface area (Å²) in [5.74, 6) is 2.43. The van der Waals surface area contributed by atoms with E-state index in [9.17, 15) is 4.79 Å². The average Bonchev–Trinajstić information content (AvgIpc) is 3.12. The van der Waals surface area contributed by atoms with Gasteiger partial charge in [0, 0.05) is 17.9 Å². The molecule has 0 N–H and O–H groups in total. The van der Waals surface area contributed by atoms with E-state index < -0.39 is 0 Å². The van der Waals surface area contributed by atoms with Gasteiger partial charge in [-0.15, -0.1) is 0 Å². The van der Waals surface area contributed by atoms with Gasteiger partial charge >= 0.3 is 5.97 Å². The number of hydrogen-bond acceptors (Lipinski definition) is 4. The molecule has 5 atom stereocenters. The molecule has 0 radical (unpaired) electrons. The van der Waals surface area contributed by atoms with E-state index in [1.807, 2.05) is 31.4 Å². The summed E-state index contributed by atoms with van der Waals surface area (Å²) in [5, 5.41) is 0. The molecule has 4 nitrogen and oxygen atoms in total. The number of benzene rings is 2. The summed E-state index contributed by atoms with van der Waals surface area (Å²) in [4.78, 5) is 12.0. The van der Waals surface area contributed by atoms with Gasteiger partial charge in [-0.05, 0) is 85.6 Å². The van der Waals surface area contributed by atoms with Crippen molar-refractivity contribution in [3.05, 3.63) is 77.1 Å². The Morgan fingerprint density at radius 2 is 1.97 bits per heavy atom. The maximum atomic E-state index is 12.0. The fraction of sp³-hybridized carbons (Fsp3) is 0.500. The maximum absolute atomic E-state index is 12.0. The molecule has 2 aromatic carbocycles. The maximum Gasteiger partial charge on any atom is 0.303 e. The van der Waals surface area contributed by atoms with Gasteiger partial charge in [-0.25, -0.2) is 0 Å². The molecular weight excluding hydrogens is 424 g/mol. The molecule has 2 aromatic rings. The predicted molar refractivity (Wildman–Crippen MR) is 132 cm³/mol. The van der Waals surface area contributed by atoms with Gasteiger partial charge in [0.2, 0.25) is 0 Å². The first-order valence-electron chi connectivity index (χ1n) is 12.8. The van der Waals surface area contributed by atoms with Crippen LogP contribution in [0.4, 0.5) is 0 Å². The van der Waals surface area contributed by atoms with Crippen LogP contribution >= 0.6 is 0 Å². The summed E-state index contributed by atoms with van der Waals surface area (Å²) >= 11 is 0. The number of carbonyl (C=O) groups is 1. The first kappa shape index (κ1) is 23.0. The highest BCUT2D eigenvalue weighted by Gasteiger charge is 2.58. The monoisotopic (exact) mass is 460 g/mol. The Kier molecular flexibility index (Phi) is 6.42. The second kappa shape index (κ2) is 9.48. The lowest BCUT2D eigenvalue weighted by atomic mass is 9.55. The second-order valence-electron chi connectivity index (χ2n) is 10.4. The number of ether oxygens (including phenoxy) is 3. The lowest BCUT2D eigenvalue weighted by Crippen LogP contribution is -2.45. The minimum Gasteiger partial charge on any atom is -0.501 e. The molecule has 0 unspecified atom stereocenters. The molecule has 0 heterocycles. The van der Waals surface area contributed by atoms with Gasteiger partial charge in [0.25, 0.3) is 0 Å². The summed E-state index contributed by atoms with van der Waals surface area (Å²) < 4.78 is 17.7. The molecule has 180 valence electrons. The molecule has 5 rings (SSSR count). The third-order valence-corrected chi connectivity index (χ3v) is 8.46. The molecule has 3 aliphatic carbocycles. The van der Waals surface area contributed by atoms with E-state index in [2.05, 4.69) is 37.3 Å². The van der Waals surface area contributed by atoms with Gasteiger partial charge in [0.05, 0.1) is 12.9 Å². The Morgan fingerprint density at radius 1 is 1.15 bits per heavy atom. The van der Waals surface area contributed by atoms with E-state index in [1.165, 1.54) is 30.0 Å². The Labute approximate surface area is 203 Å². The molecule has 2 fully saturated rings. The first-order chi connectivity index (χ1) is 16.5. The number of aryl methyl sites for hydroxylation is 1. The molecule has 34 heavy (non-hydrogen) atoms. The van der Waals surface area contributed by atoms with Crippen LogP contribution in [0.15, 0.2) is 60.4 Å². The number of rotatable bonds is 6. The quantitative estimate of drug-likeness (QED) is 0.361. The van der Waals surface area contributed by atoms with Crippen LogP contribution in [0.1, 0.15) is 69.1 Å². The summed E-state index contributed by atoms with van der Waals surface area (Å²) in [6, 6.07) is 17.0. The van der Waals surface area contributed by atoms with Crippen LogP contribution in [0.5, 0.6) is 5.75 Å². The molecule has 0 aliphatic heterocycles. The Morgan fingerprint density at radius 3 is 2.74 bits per heavy atom. The molecular formula is C30H36O4. The smallest absolute Gasteiger partial charge is 0.303 e. The van der Waals surface area contributed by atoms with E-state index in [1.54, 1.807) is 0 Å². The van der Waals surface area contributed by atoms with Gasteiger partial charge in [0.1, 0.15) is 18.5 Å². The highest BCUT2D eigenvalue weighted by Crippen LogP contribution is 2.63. The van der Waals surface area contributed by atoms with Crippen molar-refractivity contribution >= 4 is 5.97 Å². The Balaban J connectivity index is 1.36. The zero-order valence-corrected chi connectivity index (χ0v) is 20.6. The van der Waals surface area contributed by atoms with Crippen LogP contribution < -0.4 is 4.74 Å². The van der Waals surface area contributed by atoms with Crippen molar-refractivity contribution < 1.29 is 19.0 Å². The van der Waals surface area contributed by atoms with Crippen LogP contribution in [0.25, 0.3) is 0 Å². The molecule has 0 saturated heterocycles. The van der Waals surface area contributed by atoms with E-state index in [0.29, 0.717) is 31.0 Å². The highest BCUT2D eigenvalue weighted by molar-refractivity contribution is 5.66. The van der Waals surface area contributed by atoms with Crippen LogP contribution in [-0.4, -0.2) is 18.7 Å². The fourth-order valence-electron chi connectivity index (χ4n) is 6.91. The largest absolute Gasteiger partial charge is 0.501 e. The predicted octanol–water partition coefficient (Wildman–Crippen LogP) is 6.58. The van der Waals surface area contributed by atoms with Crippen molar-refractivity contribution in [2.24, 2.45) is 17.3 Å². The molecule has 4 heteroatoms. The van der Waals surface area contributed by atoms with Crippen LogP contribution in [0.2, 0.25) is 0 Å². The van der Waals surface area contributed by atoms with Crippen molar-refractivity contribution in [1.82, 2.24) is 0 Å². The van der Waals surface area contributed by atoms with Gasteiger partial charge < -0.3 is 14.2 Å². The normalized spacial score (nSPS) is 30.7. The second-order valence-corrected chi connectivity index (χ2v) is 10.4. The number of carbonyl (C=O) groups excluding carboxylic acids is 1. The minimum atomic E-state index is -0.201. The zero-order valence-electron chi connectivity index (χ0n) is 20.6. The number of hydrogen-bond donors (Lipinski definition) is 0. The van der Waals surface area contributed by atoms with Crippen molar-refractivity contribution in [1.29, 1.82) is 0 Å². The van der Waals surface area contributed by atoms with Gasteiger partial charge in [-0.3, -0.25) is 4.79 Å². The number of esters is 1. The van der Waals surface area contributed by atoms with E-state index in [4.69, 9.17) is 14.2 Å². The van der Waals surface area contributed by atoms with Crippen molar-refractivity contribution in [3.8, 4) is 5.75 Å². The Hall–Kier alpha value is -2.75. The topological polar surface area (TPSA) is 44.8 Å².